The molecule has 4 nitrogen and oxygen atoms in total. The van der Waals surface area contributed by atoms with E-state index in [2.05, 4.69) is 5.32 Å². The van der Waals surface area contributed by atoms with Crippen LogP contribution in [-0.4, -0.2) is 23.3 Å². The predicted molar refractivity (Wildman–Crippen MR) is 105 cm³/mol. The molecule has 0 aliphatic carbocycles. The Hall–Kier alpha value is -3.54. The van der Waals surface area contributed by atoms with Crippen molar-refractivity contribution in [1.29, 1.82) is 0 Å². The van der Waals surface area contributed by atoms with Crippen LogP contribution in [0, 0.1) is 11.6 Å². The van der Waals surface area contributed by atoms with Gasteiger partial charge in [0.25, 0.3) is 0 Å². The van der Waals surface area contributed by atoms with Gasteiger partial charge in [-0.25, -0.2) is 8.78 Å². The maximum atomic E-state index is 14.1. The topological polar surface area (TPSA) is 49.4 Å². The number of rotatable bonds is 3. The molecule has 1 unspecified atom stereocenters. The zero-order valence-corrected chi connectivity index (χ0v) is 15.4. The Morgan fingerprint density at radius 1 is 0.966 bits per heavy atom. The normalized spacial score (nSPS) is 16.0. The molecule has 0 aromatic heterocycles. The molecular weight excluding hydrogens is 374 g/mol. The maximum absolute atomic E-state index is 14.1. The number of carbonyl (C=O) groups excluding carboxylic acids is 2. The van der Waals surface area contributed by atoms with Crippen molar-refractivity contribution in [2.24, 2.45) is 0 Å². The van der Waals surface area contributed by atoms with Crippen molar-refractivity contribution in [1.82, 2.24) is 4.90 Å². The van der Waals surface area contributed by atoms with Crippen LogP contribution in [0.15, 0.2) is 72.8 Å². The second-order valence-corrected chi connectivity index (χ2v) is 6.92. The van der Waals surface area contributed by atoms with Crippen molar-refractivity contribution in [2.75, 3.05) is 11.9 Å². The van der Waals surface area contributed by atoms with E-state index in [4.69, 9.17) is 0 Å². The molecular formula is C23H18F2N2O2. The average Bonchev–Trinajstić information content (AvgIpc) is 2.85. The third-order valence-corrected chi connectivity index (χ3v) is 4.91. The van der Waals surface area contributed by atoms with Gasteiger partial charge < -0.3 is 10.2 Å². The Morgan fingerprint density at radius 3 is 2.38 bits per heavy atom. The lowest BCUT2D eigenvalue weighted by atomic mass is 9.95. The molecule has 1 aliphatic heterocycles. The molecule has 0 bridgehead atoms. The molecule has 1 atom stereocenters. The molecule has 3 aromatic carbocycles. The van der Waals surface area contributed by atoms with Gasteiger partial charge in [0.15, 0.2) is 0 Å². The predicted octanol–water partition coefficient (Wildman–Crippen LogP) is 4.08. The fourth-order valence-corrected chi connectivity index (χ4v) is 3.59. The minimum atomic E-state index is -0.725. The van der Waals surface area contributed by atoms with E-state index in [1.807, 2.05) is 30.3 Å². The summed E-state index contributed by atoms with van der Waals surface area (Å²) >= 11 is 0. The van der Waals surface area contributed by atoms with Crippen LogP contribution in [0.25, 0.3) is 0 Å². The third kappa shape index (κ3) is 4.01. The molecule has 1 heterocycles. The lowest BCUT2D eigenvalue weighted by Crippen LogP contribution is -2.39. The first-order chi connectivity index (χ1) is 14.0. The van der Waals surface area contributed by atoms with E-state index in [0.29, 0.717) is 16.8 Å². The Morgan fingerprint density at radius 2 is 1.66 bits per heavy atom. The highest BCUT2D eigenvalue weighted by molar-refractivity contribution is 5.97. The number of benzene rings is 3. The molecule has 2 amide bonds. The van der Waals surface area contributed by atoms with Gasteiger partial charge >= 0.3 is 0 Å². The standard InChI is InChI=1S/C23H18F2N2O2/c24-17-8-6-16(7-9-17)23-19-13-18(25)10-11-20(19)26-21(28)14-27(23)22(29)12-15-4-2-1-3-5-15/h1-11,13,23H,12,14H2,(H,26,28). The smallest absolute Gasteiger partial charge is 0.244 e. The highest BCUT2D eigenvalue weighted by Gasteiger charge is 2.33. The molecule has 3 aromatic rings. The minimum absolute atomic E-state index is 0.0937. The summed E-state index contributed by atoms with van der Waals surface area (Å²) in [6.07, 6.45) is 0.0937. The van der Waals surface area contributed by atoms with Crippen LogP contribution in [0.3, 0.4) is 0 Å². The van der Waals surface area contributed by atoms with Gasteiger partial charge in [-0.1, -0.05) is 42.5 Å². The summed E-state index contributed by atoms with van der Waals surface area (Å²) in [5.41, 5.74) is 2.28. The highest BCUT2D eigenvalue weighted by atomic mass is 19.1. The summed E-state index contributed by atoms with van der Waals surface area (Å²) in [4.78, 5) is 27.1. The number of hydrogen-bond donors (Lipinski definition) is 1. The van der Waals surface area contributed by atoms with E-state index in [0.717, 1.165) is 5.56 Å². The van der Waals surface area contributed by atoms with E-state index in [1.54, 1.807) is 12.1 Å². The second-order valence-electron chi connectivity index (χ2n) is 6.92. The van der Waals surface area contributed by atoms with Crippen molar-refractivity contribution in [2.45, 2.75) is 12.5 Å². The number of carbonyl (C=O) groups is 2. The van der Waals surface area contributed by atoms with Crippen molar-refractivity contribution in [3.8, 4) is 0 Å². The number of nitrogens with one attached hydrogen (secondary N) is 1. The summed E-state index contributed by atoms with van der Waals surface area (Å²) in [7, 11) is 0. The number of hydrogen-bond acceptors (Lipinski definition) is 2. The minimum Gasteiger partial charge on any atom is -0.324 e. The second kappa shape index (κ2) is 7.83. The van der Waals surface area contributed by atoms with E-state index in [-0.39, 0.29) is 24.8 Å². The van der Waals surface area contributed by atoms with Crippen molar-refractivity contribution in [3.05, 3.63) is 101 Å². The Labute approximate surface area is 166 Å². The first kappa shape index (κ1) is 18.8. The van der Waals surface area contributed by atoms with Gasteiger partial charge in [0, 0.05) is 11.3 Å². The Bertz CT molecular complexity index is 1050. The molecule has 4 rings (SSSR count). The van der Waals surface area contributed by atoms with Gasteiger partial charge in [0.05, 0.1) is 12.5 Å². The lowest BCUT2D eigenvalue weighted by molar-refractivity contribution is -0.135. The zero-order valence-electron chi connectivity index (χ0n) is 15.4. The molecule has 0 radical (unpaired) electrons. The first-order valence-corrected chi connectivity index (χ1v) is 9.19. The SMILES string of the molecule is O=C1CN(C(=O)Cc2ccccc2)C(c2ccc(F)cc2)c2cc(F)ccc2N1. The third-order valence-electron chi connectivity index (χ3n) is 4.91. The zero-order chi connectivity index (χ0) is 20.4. The van der Waals surface area contributed by atoms with E-state index >= 15 is 0 Å². The molecule has 6 heteroatoms. The number of amides is 2. The number of fused-ring (bicyclic) bond motifs is 1. The molecule has 0 saturated heterocycles. The van der Waals surface area contributed by atoms with Gasteiger partial charge in [0.2, 0.25) is 11.8 Å². The van der Waals surface area contributed by atoms with Crippen molar-refractivity contribution in [3.63, 3.8) is 0 Å². The highest BCUT2D eigenvalue weighted by Crippen LogP contribution is 2.36. The summed E-state index contributed by atoms with van der Waals surface area (Å²) in [6.45, 7) is -0.190. The number of anilines is 1. The van der Waals surface area contributed by atoms with Gasteiger partial charge in [-0.3, -0.25) is 9.59 Å². The molecule has 0 spiro atoms. The molecule has 0 saturated carbocycles. The van der Waals surface area contributed by atoms with E-state index in [1.165, 1.54) is 35.2 Å². The van der Waals surface area contributed by atoms with Crippen LogP contribution in [0.5, 0.6) is 0 Å². The van der Waals surface area contributed by atoms with Crippen LogP contribution in [0.1, 0.15) is 22.7 Å². The van der Waals surface area contributed by atoms with Crippen molar-refractivity contribution < 1.29 is 18.4 Å². The summed E-state index contributed by atoms with van der Waals surface area (Å²) < 4.78 is 27.6. The molecule has 1 N–H and O–H groups in total. The van der Waals surface area contributed by atoms with Crippen LogP contribution in [0.2, 0.25) is 0 Å². The molecule has 29 heavy (non-hydrogen) atoms. The fraction of sp³-hybridized carbons (Fsp3) is 0.130. The number of halogens is 2. The lowest BCUT2D eigenvalue weighted by Gasteiger charge is -2.30. The average molecular weight is 392 g/mol. The summed E-state index contributed by atoms with van der Waals surface area (Å²) in [5.74, 6) is -1.55. The quantitative estimate of drug-likeness (QED) is 0.730. The Balaban J connectivity index is 1.81. The summed E-state index contributed by atoms with van der Waals surface area (Å²) in [6, 6.07) is 18.2. The van der Waals surface area contributed by atoms with Gasteiger partial charge in [-0.15, -0.1) is 0 Å². The van der Waals surface area contributed by atoms with Gasteiger partial charge in [-0.05, 0) is 41.5 Å². The van der Waals surface area contributed by atoms with E-state index < -0.39 is 17.7 Å². The van der Waals surface area contributed by atoms with Crippen LogP contribution in [0.4, 0.5) is 14.5 Å². The summed E-state index contributed by atoms with van der Waals surface area (Å²) in [5, 5.41) is 2.74. The molecule has 0 fully saturated rings. The first-order valence-electron chi connectivity index (χ1n) is 9.19. The largest absolute Gasteiger partial charge is 0.324 e. The fourth-order valence-electron chi connectivity index (χ4n) is 3.59. The maximum Gasteiger partial charge on any atom is 0.244 e. The van der Waals surface area contributed by atoms with Crippen LogP contribution < -0.4 is 5.32 Å². The van der Waals surface area contributed by atoms with Crippen LogP contribution in [-0.2, 0) is 16.0 Å². The monoisotopic (exact) mass is 392 g/mol. The van der Waals surface area contributed by atoms with Crippen molar-refractivity contribution >= 4 is 17.5 Å². The van der Waals surface area contributed by atoms with Gasteiger partial charge in [-0.2, -0.15) is 0 Å². The Kier molecular flexibility index (Phi) is 5.08. The molecule has 146 valence electrons. The number of nitrogens with zero attached hydrogens (tertiary/aromatic N) is 1. The van der Waals surface area contributed by atoms with E-state index in [9.17, 15) is 18.4 Å². The molecule has 1 aliphatic rings. The van der Waals surface area contributed by atoms with Gasteiger partial charge in [0.1, 0.15) is 18.2 Å². The van der Waals surface area contributed by atoms with Crippen LogP contribution >= 0.6 is 0 Å².